The molecule has 0 aliphatic heterocycles. The molecule has 0 rings (SSSR count). The predicted octanol–water partition coefficient (Wildman–Crippen LogP) is 8.74. The van der Waals surface area contributed by atoms with E-state index >= 15 is 0 Å². The SMILES string of the molecule is C=C(C)[C@H](C)C(C)(C)COP(C)(=O)OCOC(=O)N[C@H](C)CSC(C)(O)C(C)(C)C.C=O.CC.CC.CCC(C)=O.[HH]. The number of thioether (sulfide) groups is 1. The highest BCUT2D eigenvalue weighted by Crippen LogP contribution is 2.46. The number of carbonyl (C=O) groups excluding carboxylic acids is 3. The van der Waals surface area contributed by atoms with E-state index in [-0.39, 0.29) is 36.6 Å². The Hall–Kier alpha value is -1.19. The van der Waals surface area contributed by atoms with E-state index in [4.69, 9.17) is 18.6 Å². The number of ether oxygens (including phenoxy) is 1. The zero-order chi connectivity index (χ0) is 34.3. The standard InChI is InChI=1S/C21H42NO6PS.C4H8O.2C2H6.CH2O.H2/c1-15(2)17(4)20(8,9)13-27-29(11,25)28-14-26-18(23)22-16(3)12-30-21(10,24)19(5,6)7;1-3-4(2)5;3*1-2;/h16-17,24H,1,12-14H2,2-11H3,(H,22,23);3H2,1-2H3;2*1-2H3;1H2;1H/t16-,17+,21?,29?;;;;;/m1...../s1. The van der Waals surface area contributed by atoms with Crippen molar-refractivity contribution in [2.24, 2.45) is 16.7 Å². The van der Waals surface area contributed by atoms with Crippen LogP contribution in [-0.2, 0) is 27.9 Å². The van der Waals surface area contributed by atoms with E-state index in [0.717, 1.165) is 5.57 Å². The molecule has 250 valence electrons. The summed E-state index contributed by atoms with van der Waals surface area (Å²) in [7, 11) is -3.37. The Morgan fingerprint density at radius 1 is 1.00 bits per heavy atom. The molecule has 0 aliphatic carbocycles. The summed E-state index contributed by atoms with van der Waals surface area (Å²) < 4.78 is 28.1. The first-order valence-electron chi connectivity index (χ1n) is 14.2. The molecule has 9 nitrogen and oxygen atoms in total. The average Bonchev–Trinajstić information content (AvgIpc) is 2.89. The van der Waals surface area contributed by atoms with Crippen LogP contribution in [0.25, 0.3) is 0 Å². The fourth-order valence-electron chi connectivity index (χ4n) is 2.08. The molecular formula is C30H66NO8PS. The van der Waals surface area contributed by atoms with Crippen molar-refractivity contribution >= 4 is 38.0 Å². The molecule has 4 atom stereocenters. The van der Waals surface area contributed by atoms with E-state index in [0.29, 0.717) is 12.2 Å². The van der Waals surface area contributed by atoms with Gasteiger partial charge in [0, 0.05) is 26.3 Å². The van der Waals surface area contributed by atoms with Gasteiger partial charge in [0.25, 0.3) is 0 Å². The maximum Gasteiger partial charge on any atom is 0.409 e. The van der Waals surface area contributed by atoms with Crippen molar-refractivity contribution in [1.29, 1.82) is 0 Å². The van der Waals surface area contributed by atoms with Crippen molar-refractivity contribution in [2.75, 3.05) is 25.8 Å². The van der Waals surface area contributed by atoms with E-state index < -0.39 is 25.4 Å². The molecule has 0 spiro atoms. The smallest absolute Gasteiger partial charge is 0.409 e. The number of alkyl carbamates (subject to hydrolysis) is 1. The lowest BCUT2D eigenvalue weighted by Gasteiger charge is -2.37. The Kier molecular flexibility index (Phi) is 30.6. The number of carbonyl (C=O) groups is 3. The highest BCUT2D eigenvalue weighted by Gasteiger charge is 2.36. The van der Waals surface area contributed by atoms with Crippen molar-refractivity contribution in [3.8, 4) is 0 Å². The molecule has 1 amide bonds. The fourth-order valence-corrected chi connectivity index (χ4v) is 4.05. The van der Waals surface area contributed by atoms with E-state index in [2.05, 4.69) is 11.9 Å². The van der Waals surface area contributed by atoms with E-state index in [1.54, 1.807) is 13.8 Å². The Balaban J connectivity index is -0.000000234. The highest BCUT2D eigenvalue weighted by atomic mass is 32.2. The van der Waals surface area contributed by atoms with Crippen LogP contribution in [0.3, 0.4) is 0 Å². The minimum atomic E-state index is -3.37. The summed E-state index contributed by atoms with van der Waals surface area (Å²) in [5, 5.41) is 13.1. The lowest BCUT2D eigenvalue weighted by atomic mass is 9.77. The van der Waals surface area contributed by atoms with Crippen LogP contribution in [0, 0.1) is 16.7 Å². The van der Waals surface area contributed by atoms with Crippen molar-refractivity contribution in [3.63, 3.8) is 0 Å². The number of ketones is 1. The monoisotopic (exact) mass is 631 g/mol. The fraction of sp³-hybridized carbons (Fsp3) is 0.833. The normalized spacial score (nSPS) is 15.0. The van der Waals surface area contributed by atoms with Crippen LogP contribution in [0.2, 0.25) is 0 Å². The third-order valence-electron chi connectivity index (χ3n) is 5.93. The van der Waals surface area contributed by atoms with Crippen LogP contribution >= 0.6 is 19.4 Å². The van der Waals surface area contributed by atoms with E-state index in [9.17, 15) is 19.3 Å². The Morgan fingerprint density at radius 2 is 1.41 bits per heavy atom. The lowest BCUT2D eigenvalue weighted by Crippen LogP contribution is -2.40. The third-order valence-corrected chi connectivity index (χ3v) is 8.94. The lowest BCUT2D eigenvalue weighted by molar-refractivity contribution is -0.116. The van der Waals surface area contributed by atoms with Crippen LogP contribution in [0.15, 0.2) is 12.2 Å². The molecule has 0 aliphatic rings. The molecule has 2 unspecified atom stereocenters. The topological polar surface area (TPSA) is 128 Å². The van der Waals surface area contributed by atoms with Crippen molar-refractivity contribution in [3.05, 3.63) is 12.2 Å². The number of hydrogen-bond donors (Lipinski definition) is 2. The molecule has 2 N–H and O–H groups in total. The number of allylic oxidation sites excluding steroid dienone is 1. The van der Waals surface area contributed by atoms with Crippen molar-refractivity contribution in [1.82, 2.24) is 5.32 Å². The molecule has 0 fully saturated rings. The Bertz CT molecular complexity index is 758. The molecule has 0 bridgehead atoms. The summed E-state index contributed by atoms with van der Waals surface area (Å²) in [5.74, 6) is 0.939. The summed E-state index contributed by atoms with van der Waals surface area (Å²) in [5.41, 5.74) is 0.456. The van der Waals surface area contributed by atoms with E-state index in [1.165, 1.54) is 18.4 Å². The van der Waals surface area contributed by atoms with Crippen LogP contribution in [0.5, 0.6) is 0 Å². The summed E-state index contributed by atoms with van der Waals surface area (Å²) >= 11 is 1.36. The maximum atomic E-state index is 12.5. The maximum absolute atomic E-state index is 12.5. The molecule has 11 heteroatoms. The molecule has 0 radical (unpaired) electrons. The number of hydrogen-bond acceptors (Lipinski definition) is 9. The van der Waals surface area contributed by atoms with Gasteiger partial charge in [0.05, 0.1) is 6.61 Å². The van der Waals surface area contributed by atoms with Gasteiger partial charge < -0.3 is 29.3 Å². The number of Topliss-reactive ketones (excluding diaryl/α,β-unsaturated/α-hetero) is 1. The predicted molar refractivity (Wildman–Crippen MR) is 178 cm³/mol. The second kappa shape index (κ2) is 25.3. The van der Waals surface area contributed by atoms with Crippen LogP contribution < -0.4 is 5.32 Å². The highest BCUT2D eigenvalue weighted by molar-refractivity contribution is 8.00. The summed E-state index contributed by atoms with van der Waals surface area (Å²) in [6, 6.07) is -0.231. The molecule has 0 aromatic rings. The molecule has 41 heavy (non-hydrogen) atoms. The van der Waals surface area contributed by atoms with Gasteiger partial charge in [-0.1, -0.05) is 88.3 Å². The number of amides is 1. The quantitative estimate of drug-likeness (QED) is 0.116. The first-order valence-corrected chi connectivity index (χ1v) is 17.2. The first-order chi connectivity index (χ1) is 18.6. The average molecular weight is 632 g/mol. The zero-order valence-electron chi connectivity index (χ0n) is 29.1. The van der Waals surface area contributed by atoms with Gasteiger partial charge in [-0.05, 0) is 44.4 Å². The van der Waals surface area contributed by atoms with Crippen LogP contribution in [0.4, 0.5) is 4.79 Å². The van der Waals surface area contributed by atoms with Crippen LogP contribution in [0.1, 0.15) is 112 Å². The van der Waals surface area contributed by atoms with Gasteiger partial charge in [-0.25, -0.2) is 4.79 Å². The van der Waals surface area contributed by atoms with E-state index in [1.807, 2.05) is 96.8 Å². The second-order valence-corrected chi connectivity index (χ2v) is 14.4. The number of nitrogens with one attached hydrogen (secondary N) is 1. The Morgan fingerprint density at radius 3 is 1.76 bits per heavy atom. The number of aliphatic hydroxyl groups is 1. The van der Waals surface area contributed by atoms with Gasteiger partial charge >= 0.3 is 13.7 Å². The Labute approximate surface area is 258 Å². The molecule has 0 aromatic heterocycles. The van der Waals surface area contributed by atoms with Crippen molar-refractivity contribution in [2.45, 2.75) is 121 Å². The summed E-state index contributed by atoms with van der Waals surface area (Å²) in [4.78, 5) is 28.8. The molecule has 0 heterocycles. The van der Waals surface area contributed by atoms with Gasteiger partial charge in [-0.2, -0.15) is 0 Å². The number of rotatable bonds is 13. The minimum absolute atomic E-state index is 0. The molecule has 0 saturated carbocycles. The molecular weight excluding hydrogens is 565 g/mol. The van der Waals surface area contributed by atoms with Gasteiger partial charge in [-0.15, -0.1) is 11.8 Å². The molecule has 0 saturated heterocycles. The molecule has 0 aromatic carbocycles. The largest absolute Gasteiger partial charge is 0.422 e. The minimum Gasteiger partial charge on any atom is -0.422 e. The summed E-state index contributed by atoms with van der Waals surface area (Å²) in [6.45, 7) is 35.9. The second-order valence-electron chi connectivity index (χ2n) is 10.9. The van der Waals surface area contributed by atoms with Gasteiger partial charge in [-0.3, -0.25) is 9.09 Å². The third kappa shape index (κ3) is 27.4. The van der Waals surface area contributed by atoms with Gasteiger partial charge in [0.15, 0.2) is 0 Å². The summed E-state index contributed by atoms with van der Waals surface area (Å²) in [6.07, 6.45) is -0.0188. The first kappa shape index (κ1) is 49.5. The van der Waals surface area contributed by atoms with Crippen LogP contribution in [-0.4, -0.2) is 60.6 Å². The zero-order valence-corrected chi connectivity index (χ0v) is 30.8. The van der Waals surface area contributed by atoms with Gasteiger partial charge in [0.1, 0.15) is 17.5 Å². The van der Waals surface area contributed by atoms with Gasteiger partial charge in [0.2, 0.25) is 6.79 Å². The van der Waals surface area contributed by atoms with Crippen molar-refractivity contribution < 1.29 is 39.3 Å².